The van der Waals surface area contributed by atoms with Gasteiger partial charge in [0, 0.05) is 15.3 Å². The molecule has 1 fully saturated rings. The Balaban J connectivity index is 1.47. The fraction of sp³-hybridized carbons (Fsp3) is 0.269. The van der Waals surface area contributed by atoms with Crippen LogP contribution in [0.4, 0.5) is 18.9 Å². The Hall–Kier alpha value is -2.39. The first-order chi connectivity index (χ1) is 15.8. The molecular weight excluding hydrogens is 540 g/mol. The van der Waals surface area contributed by atoms with E-state index >= 15 is 0 Å². The maximum Gasteiger partial charge on any atom is 0.416 e. The molecule has 1 aliphatic carbocycles. The molecule has 1 aliphatic heterocycles. The summed E-state index contributed by atoms with van der Waals surface area (Å²) in [5.41, 5.74) is 3.26. The zero-order valence-electron chi connectivity index (χ0n) is 17.6. The van der Waals surface area contributed by atoms with Gasteiger partial charge < -0.3 is 4.90 Å². The second-order valence-corrected chi connectivity index (χ2v) is 9.81. The summed E-state index contributed by atoms with van der Waals surface area (Å²) in [5.74, 6) is -0.108. The summed E-state index contributed by atoms with van der Waals surface area (Å²) < 4.78 is 40.3. The van der Waals surface area contributed by atoms with Gasteiger partial charge in [0.2, 0.25) is 5.91 Å². The molecule has 1 N–H and O–H groups in total. The van der Waals surface area contributed by atoms with Crippen LogP contribution in [0.25, 0.3) is 0 Å². The van der Waals surface area contributed by atoms with Crippen molar-refractivity contribution in [2.75, 3.05) is 4.90 Å². The number of benzene rings is 3. The Labute approximate surface area is 204 Å². The van der Waals surface area contributed by atoms with Crippen LogP contribution in [0.1, 0.15) is 47.2 Å². The second-order valence-electron chi connectivity index (χ2n) is 8.57. The van der Waals surface area contributed by atoms with E-state index in [0.29, 0.717) is 12.1 Å². The Morgan fingerprint density at radius 2 is 1.70 bits per heavy atom. The second kappa shape index (κ2) is 8.76. The van der Waals surface area contributed by atoms with E-state index in [1.807, 2.05) is 36.4 Å². The molecule has 170 valence electrons. The van der Waals surface area contributed by atoms with E-state index in [4.69, 9.17) is 0 Å². The van der Waals surface area contributed by atoms with Crippen molar-refractivity contribution >= 4 is 34.2 Å². The van der Waals surface area contributed by atoms with Crippen molar-refractivity contribution < 1.29 is 18.0 Å². The molecule has 0 radical (unpaired) electrons. The Morgan fingerprint density at radius 3 is 2.42 bits per heavy atom. The minimum absolute atomic E-state index is 0.0965. The molecule has 3 aromatic carbocycles. The molecule has 3 aromatic rings. The van der Waals surface area contributed by atoms with Crippen molar-refractivity contribution in [1.29, 1.82) is 0 Å². The zero-order valence-corrected chi connectivity index (χ0v) is 19.8. The third-order valence-electron chi connectivity index (χ3n) is 6.55. The highest BCUT2D eigenvalue weighted by atomic mass is 127. The van der Waals surface area contributed by atoms with Crippen LogP contribution in [-0.4, -0.2) is 11.9 Å². The summed E-state index contributed by atoms with van der Waals surface area (Å²) in [6.07, 6.45) is -1.96. The molecule has 0 saturated carbocycles. The summed E-state index contributed by atoms with van der Waals surface area (Å²) >= 11 is 2.23. The Kier molecular flexibility index (Phi) is 5.95. The highest BCUT2D eigenvalue weighted by Gasteiger charge is 2.43. The van der Waals surface area contributed by atoms with Crippen LogP contribution < -0.4 is 10.2 Å². The average molecular weight is 562 g/mol. The van der Waals surface area contributed by atoms with Crippen LogP contribution in [0.15, 0.2) is 72.8 Å². The molecule has 0 bridgehead atoms. The van der Waals surface area contributed by atoms with Crippen LogP contribution in [0.5, 0.6) is 0 Å². The van der Waals surface area contributed by atoms with Gasteiger partial charge in [-0.25, -0.2) is 0 Å². The average Bonchev–Trinajstić information content (AvgIpc) is 3.35. The predicted molar refractivity (Wildman–Crippen MR) is 130 cm³/mol. The van der Waals surface area contributed by atoms with E-state index < -0.39 is 17.8 Å². The molecule has 33 heavy (non-hydrogen) atoms. The molecule has 7 heteroatoms. The van der Waals surface area contributed by atoms with Gasteiger partial charge in [-0.05, 0) is 94.9 Å². The van der Waals surface area contributed by atoms with E-state index in [-0.39, 0.29) is 18.0 Å². The van der Waals surface area contributed by atoms with Gasteiger partial charge in [-0.1, -0.05) is 36.4 Å². The molecule has 1 heterocycles. The summed E-state index contributed by atoms with van der Waals surface area (Å²) in [7, 11) is 0. The van der Waals surface area contributed by atoms with Crippen LogP contribution in [0.3, 0.4) is 0 Å². The van der Waals surface area contributed by atoms with Crippen LogP contribution in [0, 0.1) is 3.57 Å². The van der Waals surface area contributed by atoms with Crippen molar-refractivity contribution in [3.05, 3.63) is 98.6 Å². The number of nitrogens with one attached hydrogen (secondary N) is 1. The van der Waals surface area contributed by atoms with E-state index in [2.05, 4.69) is 40.0 Å². The minimum Gasteiger partial charge on any atom is -0.304 e. The molecule has 5 rings (SSSR count). The SMILES string of the molecule is O=C1[C@@H](N[C@H]2CCc3ccccc32)C[C@H](c2cccc(I)c2)N1c1ccc(C(F)(F)F)cc1. The maximum absolute atomic E-state index is 13.6. The number of anilines is 1. The number of alkyl halides is 3. The van der Waals surface area contributed by atoms with E-state index in [1.165, 1.54) is 23.3 Å². The lowest BCUT2D eigenvalue weighted by Gasteiger charge is -2.26. The first-order valence-corrected chi connectivity index (χ1v) is 12.0. The highest BCUT2D eigenvalue weighted by Crippen LogP contribution is 2.41. The third-order valence-corrected chi connectivity index (χ3v) is 7.22. The number of fused-ring (bicyclic) bond motifs is 1. The molecule has 3 atom stereocenters. The number of hydrogen-bond acceptors (Lipinski definition) is 2. The number of rotatable bonds is 4. The summed E-state index contributed by atoms with van der Waals surface area (Å²) in [5, 5.41) is 3.56. The summed E-state index contributed by atoms with van der Waals surface area (Å²) in [4.78, 5) is 15.3. The van der Waals surface area contributed by atoms with Crippen molar-refractivity contribution in [1.82, 2.24) is 5.32 Å². The number of carbonyl (C=O) groups excluding carboxylic acids is 1. The van der Waals surface area contributed by atoms with E-state index in [9.17, 15) is 18.0 Å². The Bertz CT molecular complexity index is 1180. The monoisotopic (exact) mass is 562 g/mol. The van der Waals surface area contributed by atoms with Crippen molar-refractivity contribution in [3.63, 3.8) is 0 Å². The lowest BCUT2D eigenvalue weighted by molar-refractivity contribution is -0.137. The smallest absolute Gasteiger partial charge is 0.304 e. The standard InChI is InChI=1S/C26H22F3IN2O/c27-26(28,29)18-9-11-20(12-10-18)32-24(17-5-3-6-19(30)14-17)15-23(25(32)33)31-22-13-8-16-4-1-2-7-21(16)22/h1-7,9-12,14,22-24,31H,8,13,15H2/t22-,23-,24+/m0/s1. The zero-order chi connectivity index (χ0) is 23.2. The molecule has 0 unspecified atom stereocenters. The minimum atomic E-state index is -4.41. The van der Waals surface area contributed by atoms with Crippen LogP contribution in [0.2, 0.25) is 0 Å². The largest absolute Gasteiger partial charge is 0.416 e. The molecule has 0 aromatic heterocycles. The number of aryl methyl sites for hydroxylation is 1. The van der Waals surface area contributed by atoms with Crippen molar-refractivity contribution in [2.45, 2.75) is 43.6 Å². The van der Waals surface area contributed by atoms with Crippen LogP contribution >= 0.6 is 22.6 Å². The maximum atomic E-state index is 13.6. The highest BCUT2D eigenvalue weighted by molar-refractivity contribution is 14.1. The quantitative estimate of drug-likeness (QED) is 0.372. The van der Waals surface area contributed by atoms with Crippen molar-refractivity contribution in [3.8, 4) is 0 Å². The van der Waals surface area contributed by atoms with Gasteiger partial charge in [0.05, 0.1) is 17.6 Å². The molecule has 3 nitrogen and oxygen atoms in total. The van der Waals surface area contributed by atoms with Gasteiger partial charge in [0.15, 0.2) is 0 Å². The fourth-order valence-electron chi connectivity index (χ4n) is 4.98. The van der Waals surface area contributed by atoms with Gasteiger partial charge in [0.25, 0.3) is 0 Å². The van der Waals surface area contributed by atoms with Gasteiger partial charge in [-0.2, -0.15) is 13.2 Å². The van der Waals surface area contributed by atoms with Gasteiger partial charge in [-0.15, -0.1) is 0 Å². The topological polar surface area (TPSA) is 32.3 Å². The fourth-order valence-corrected chi connectivity index (χ4v) is 5.55. The van der Waals surface area contributed by atoms with Gasteiger partial charge in [-0.3, -0.25) is 10.1 Å². The van der Waals surface area contributed by atoms with Crippen molar-refractivity contribution in [2.24, 2.45) is 0 Å². The molecule has 2 aliphatic rings. The first kappa shape index (κ1) is 22.4. The number of nitrogens with zero attached hydrogens (tertiary/aromatic N) is 1. The predicted octanol–water partition coefficient (Wildman–Crippen LogP) is 6.43. The lowest BCUT2D eigenvalue weighted by Crippen LogP contribution is -2.40. The van der Waals surface area contributed by atoms with Gasteiger partial charge in [0.1, 0.15) is 0 Å². The third kappa shape index (κ3) is 4.40. The molecular formula is C26H22F3IN2O. The number of carbonyl (C=O) groups is 1. The van der Waals surface area contributed by atoms with E-state index in [0.717, 1.165) is 34.1 Å². The van der Waals surface area contributed by atoms with Crippen LogP contribution in [-0.2, 0) is 17.4 Å². The number of amides is 1. The summed E-state index contributed by atoms with van der Waals surface area (Å²) in [6, 6.07) is 20.5. The number of halogens is 4. The summed E-state index contributed by atoms with van der Waals surface area (Å²) in [6.45, 7) is 0. The molecule has 0 spiro atoms. The Morgan fingerprint density at radius 1 is 0.939 bits per heavy atom. The normalized spacial score (nSPS) is 22.6. The van der Waals surface area contributed by atoms with E-state index in [1.54, 1.807) is 4.90 Å². The molecule has 1 saturated heterocycles. The lowest BCUT2D eigenvalue weighted by atomic mass is 10.0. The molecule has 1 amide bonds. The van der Waals surface area contributed by atoms with Gasteiger partial charge >= 0.3 is 6.18 Å². The number of hydrogen-bond donors (Lipinski definition) is 1. The first-order valence-electron chi connectivity index (χ1n) is 10.9.